The molecule has 1 amide bonds. The summed E-state index contributed by atoms with van der Waals surface area (Å²) in [4.78, 5) is 30.3. The van der Waals surface area contributed by atoms with Gasteiger partial charge in [0, 0.05) is 26.2 Å². The molecule has 0 bridgehead atoms. The van der Waals surface area contributed by atoms with Gasteiger partial charge >= 0.3 is 12.1 Å². The van der Waals surface area contributed by atoms with Crippen molar-refractivity contribution in [1.29, 1.82) is 0 Å². The van der Waals surface area contributed by atoms with E-state index in [0.29, 0.717) is 26.2 Å². The lowest BCUT2D eigenvalue weighted by Gasteiger charge is -2.26. The molecule has 2 rings (SSSR count). The molecule has 0 unspecified atom stereocenters. The predicted octanol–water partition coefficient (Wildman–Crippen LogP) is 1.82. The molecule has 0 spiro atoms. The molecular weight excluding hydrogens is 290 g/mol. The minimum atomic E-state index is -1.12. The fourth-order valence-electron chi connectivity index (χ4n) is 2.13. The van der Waals surface area contributed by atoms with Gasteiger partial charge in [0.2, 0.25) is 0 Å². The summed E-state index contributed by atoms with van der Waals surface area (Å²) in [6.07, 6.45) is 1.51. The average molecular weight is 311 g/mol. The van der Waals surface area contributed by atoms with E-state index in [0.717, 1.165) is 12.7 Å². The summed E-state index contributed by atoms with van der Waals surface area (Å²) in [7, 11) is 0. The van der Waals surface area contributed by atoms with Crippen molar-refractivity contribution < 1.29 is 23.8 Å². The minimum absolute atomic E-state index is 0.122. The van der Waals surface area contributed by atoms with Crippen LogP contribution in [0.2, 0.25) is 0 Å². The molecular formula is C14H21N3O5. The smallest absolute Gasteiger partial charge is 0.410 e. The molecule has 0 radical (unpaired) electrons. The van der Waals surface area contributed by atoms with Gasteiger partial charge in [0.05, 0.1) is 0 Å². The Bertz CT molecular complexity index is 549. The summed E-state index contributed by atoms with van der Waals surface area (Å²) in [5.74, 6) is -1.12. The standard InChI is InChI=1S/C14H21N3O5/c1-14(2,3)22-13(20)17-6-4-5-16(7-8-17)12-15-10(9-21-12)11(18)19/h9H,4-8H2,1-3H3,(H,18,19). The number of rotatable bonds is 2. The highest BCUT2D eigenvalue weighted by Crippen LogP contribution is 2.17. The van der Waals surface area contributed by atoms with Gasteiger partial charge < -0.3 is 24.1 Å². The number of carbonyl (C=O) groups excluding carboxylic acids is 1. The zero-order valence-corrected chi connectivity index (χ0v) is 13.0. The van der Waals surface area contributed by atoms with E-state index in [1.54, 1.807) is 4.90 Å². The maximum absolute atomic E-state index is 12.1. The largest absolute Gasteiger partial charge is 0.476 e. The number of carboxylic acid groups (broad SMARTS) is 1. The first-order valence-corrected chi connectivity index (χ1v) is 7.18. The molecule has 22 heavy (non-hydrogen) atoms. The quantitative estimate of drug-likeness (QED) is 0.889. The van der Waals surface area contributed by atoms with E-state index >= 15 is 0 Å². The lowest BCUT2D eigenvalue weighted by Crippen LogP contribution is -2.39. The van der Waals surface area contributed by atoms with Crippen LogP contribution in [0, 0.1) is 0 Å². The van der Waals surface area contributed by atoms with Crippen LogP contribution in [-0.4, -0.2) is 58.8 Å². The molecule has 1 saturated heterocycles. The average Bonchev–Trinajstić information content (AvgIpc) is 2.75. The van der Waals surface area contributed by atoms with Gasteiger partial charge in [-0.3, -0.25) is 0 Å². The SMILES string of the molecule is CC(C)(C)OC(=O)N1CCCN(c2nc(C(=O)O)co2)CC1. The summed E-state index contributed by atoms with van der Waals surface area (Å²) in [5.41, 5.74) is -0.648. The van der Waals surface area contributed by atoms with E-state index in [9.17, 15) is 9.59 Å². The summed E-state index contributed by atoms with van der Waals surface area (Å²) >= 11 is 0. The zero-order valence-electron chi connectivity index (χ0n) is 13.0. The molecule has 8 nitrogen and oxygen atoms in total. The monoisotopic (exact) mass is 311 g/mol. The summed E-state index contributed by atoms with van der Waals surface area (Å²) in [5, 5.41) is 8.86. The molecule has 2 heterocycles. The molecule has 0 aliphatic carbocycles. The van der Waals surface area contributed by atoms with Crippen LogP contribution in [0.1, 0.15) is 37.7 Å². The number of hydrogen-bond acceptors (Lipinski definition) is 6. The molecule has 1 aliphatic rings. The van der Waals surface area contributed by atoms with Crippen molar-refractivity contribution in [2.24, 2.45) is 0 Å². The van der Waals surface area contributed by atoms with Crippen molar-refractivity contribution in [2.45, 2.75) is 32.8 Å². The fraction of sp³-hybridized carbons (Fsp3) is 0.643. The zero-order chi connectivity index (χ0) is 16.3. The van der Waals surface area contributed by atoms with Gasteiger partial charge in [-0.2, -0.15) is 4.98 Å². The van der Waals surface area contributed by atoms with Crippen LogP contribution in [0.3, 0.4) is 0 Å². The van der Waals surface area contributed by atoms with E-state index in [1.165, 1.54) is 0 Å². The normalized spacial score (nSPS) is 16.3. The van der Waals surface area contributed by atoms with Gasteiger partial charge in [-0.1, -0.05) is 0 Å². The van der Waals surface area contributed by atoms with Crippen LogP contribution in [0.25, 0.3) is 0 Å². The van der Waals surface area contributed by atoms with Crippen molar-refractivity contribution in [2.75, 3.05) is 31.1 Å². The molecule has 0 aromatic carbocycles. The summed E-state index contributed by atoms with van der Waals surface area (Å²) in [6.45, 7) is 7.69. The second kappa shape index (κ2) is 6.25. The number of nitrogens with zero attached hydrogens (tertiary/aromatic N) is 3. The number of anilines is 1. The Morgan fingerprint density at radius 1 is 1.27 bits per heavy atom. The molecule has 122 valence electrons. The highest BCUT2D eigenvalue weighted by molar-refractivity contribution is 5.85. The molecule has 1 aromatic heterocycles. The lowest BCUT2D eigenvalue weighted by atomic mass is 10.2. The van der Waals surface area contributed by atoms with Crippen LogP contribution >= 0.6 is 0 Å². The highest BCUT2D eigenvalue weighted by Gasteiger charge is 2.26. The van der Waals surface area contributed by atoms with Gasteiger partial charge in [0.1, 0.15) is 11.9 Å². The Morgan fingerprint density at radius 3 is 2.59 bits per heavy atom. The van der Waals surface area contributed by atoms with Gasteiger partial charge in [-0.05, 0) is 27.2 Å². The minimum Gasteiger partial charge on any atom is -0.476 e. The molecule has 1 aliphatic heterocycles. The molecule has 8 heteroatoms. The molecule has 0 atom stereocenters. The van der Waals surface area contributed by atoms with Crippen LogP contribution in [0.15, 0.2) is 10.7 Å². The number of carboxylic acids is 1. The number of carbonyl (C=O) groups is 2. The topological polar surface area (TPSA) is 96.1 Å². The van der Waals surface area contributed by atoms with Crippen molar-refractivity contribution in [3.63, 3.8) is 0 Å². The molecule has 0 saturated carbocycles. The summed E-state index contributed by atoms with van der Waals surface area (Å²) < 4.78 is 10.6. The van der Waals surface area contributed by atoms with E-state index < -0.39 is 11.6 Å². The number of aromatic carboxylic acids is 1. The Morgan fingerprint density at radius 2 is 2.00 bits per heavy atom. The van der Waals surface area contributed by atoms with Crippen molar-refractivity contribution in [3.8, 4) is 0 Å². The molecule has 1 aromatic rings. The van der Waals surface area contributed by atoms with Gasteiger partial charge in [0.15, 0.2) is 5.69 Å². The predicted molar refractivity (Wildman–Crippen MR) is 78.1 cm³/mol. The third-order valence-electron chi connectivity index (χ3n) is 3.13. The van der Waals surface area contributed by atoms with Crippen LogP contribution in [-0.2, 0) is 4.74 Å². The molecule has 1 fully saturated rings. The number of amides is 1. The van der Waals surface area contributed by atoms with Gasteiger partial charge in [-0.25, -0.2) is 9.59 Å². The first-order chi connectivity index (χ1) is 10.3. The Hall–Kier alpha value is -2.25. The van der Waals surface area contributed by atoms with Gasteiger partial charge in [-0.15, -0.1) is 0 Å². The first kappa shape index (κ1) is 16.1. The Labute approximate surface area is 128 Å². The van der Waals surface area contributed by atoms with Crippen molar-refractivity contribution >= 4 is 18.1 Å². The number of ether oxygens (including phenoxy) is 1. The Balaban J connectivity index is 1.97. The number of hydrogen-bond donors (Lipinski definition) is 1. The maximum atomic E-state index is 12.1. The number of oxazole rings is 1. The van der Waals surface area contributed by atoms with E-state index in [2.05, 4.69) is 4.98 Å². The first-order valence-electron chi connectivity index (χ1n) is 7.18. The van der Waals surface area contributed by atoms with Crippen LogP contribution < -0.4 is 4.90 Å². The van der Waals surface area contributed by atoms with Crippen molar-refractivity contribution in [1.82, 2.24) is 9.88 Å². The van der Waals surface area contributed by atoms with E-state index in [1.807, 2.05) is 25.7 Å². The fourth-order valence-corrected chi connectivity index (χ4v) is 2.13. The summed E-state index contributed by atoms with van der Waals surface area (Å²) in [6, 6.07) is 0.267. The van der Waals surface area contributed by atoms with Crippen LogP contribution in [0.4, 0.5) is 10.8 Å². The van der Waals surface area contributed by atoms with Crippen molar-refractivity contribution in [3.05, 3.63) is 12.0 Å². The van der Waals surface area contributed by atoms with Gasteiger partial charge in [0.25, 0.3) is 6.01 Å². The second-order valence-electron chi connectivity index (χ2n) is 6.13. The third-order valence-corrected chi connectivity index (χ3v) is 3.13. The van der Waals surface area contributed by atoms with E-state index in [4.69, 9.17) is 14.3 Å². The lowest BCUT2D eigenvalue weighted by molar-refractivity contribution is 0.0263. The van der Waals surface area contributed by atoms with Crippen LogP contribution in [0.5, 0.6) is 0 Å². The van der Waals surface area contributed by atoms with E-state index in [-0.39, 0.29) is 17.8 Å². The molecule has 1 N–H and O–H groups in total. The Kier molecular flexibility index (Phi) is 4.58. The maximum Gasteiger partial charge on any atom is 0.410 e. The third kappa shape index (κ3) is 4.12. The second-order valence-corrected chi connectivity index (χ2v) is 6.13. The number of aromatic nitrogens is 1. The highest BCUT2D eigenvalue weighted by atomic mass is 16.6.